The molecule has 4 nitrogen and oxygen atoms in total. The molecule has 1 fully saturated rings. The molecule has 1 saturated heterocycles. The van der Waals surface area contributed by atoms with Crippen LogP contribution in [0.2, 0.25) is 0 Å². The van der Waals surface area contributed by atoms with Gasteiger partial charge in [-0.2, -0.15) is 16.1 Å². The molecule has 1 aliphatic rings. The van der Waals surface area contributed by atoms with Crippen molar-refractivity contribution in [2.75, 3.05) is 18.8 Å². The summed E-state index contributed by atoms with van der Waals surface area (Å²) in [6.07, 6.45) is 0. The van der Waals surface area contributed by atoms with E-state index in [2.05, 4.69) is 6.92 Å². The van der Waals surface area contributed by atoms with Gasteiger partial charge in [-0.05, 0) is 24.6 Å². The number of hydrogen-bond acceptors (Lipinski definition) is 4. The third-order valence-electron chi connectivity index (χ3n) is 3.28. The molecule has 7 heteroatoms. The molecule has 2 rings (SSSR count). The predicted octanol–water partition coefficient (Wildman–Crippen LogP) is 1.76. The van der Waals surface area contributed by atoms with Crippen LogP contribution in [0.1, 0.15) is 18.1 Å². The molecule has 0 spiro atoms. The zero-order valence-corrected chi connectivity index (χ0v) is 13.9. The number of thioether (sulfide) groups is 1. The molecule has 0 bridgehead atoms. The number of sulfonamides is 1. The van der Waals surface area contributed by atoms with Crippen LogP contribution in [0.5, 0.6) is 0 Å². The van der Waals surface area contributed by atoms with Gasteiger partial charge in [-0.3, -0.25) is 0 Å². The lowest BCUT2D eigenvalue weighted by Gasteiger charge is -2.30. The van der Waals surface area contributed by atoms with Crippen molar-refractivity contribution >= 4 is 39.0 Å². The van der Waals surface area contributed by atoms with Crippen LogP contribution in [0, 0.1) is 6.92 Å². The van der Waals surface area contributed by atoms with Crippen LogP contribution in [-0.4, -0.2) is 41.8 Å². The van der Waals surface area contributed by atoms with Gasteiger partial charge in [0.1, 0.15) is 4.99 Å². The summed E-state index contributed by atoms with van der Waals surface area (Å²) in [5.74, 6) is 0.838. The first kappa shape index (κ1) is 15.8. The summed E-state index contributed by atoms with van der Waals surface area (Å²) in [4.78, 5) is 0.622. The number of benzene rings is 1. The van der Waals surface area contributed by atoms with E-state index in [4.69, 9.17) is 18.0 Å². The van der Waals surface area contributed by atoms with Crippen molar-refractivity contribution in [1.82, 2.24) is 4.31 Å². The molecule has 1 aromatic rings. The van der Waals surface area contributed by atoms with Gasteiger partial charge < -0.3 is 5.73 Å². The maximum absolute atomic E-state index is 12.7. The topological polar surface area (TPSA) is 63.4 Å². The molecule has 1 aromatic carbocycles. The summed E-state index contributed by atoms with van der Waals surface area (Å²) in [7, 11) is -3.43. The average molecular weight is 331 g/mol. The van der Waals surface area contributed by atoms with E-state index >= 15 is 0 Å². The number of thiocarbonyl (C=S) groups is 1. The molecule has 110 valence electrons. The molecule has 0 saturated carbocycles. The number of rotatable bonds is 3. The quantitative estimate of drug-likeness (QED) is 0.856. The van der Waals surface area contributed by atoms with E-state index in [0.29, 0.717) is 34.4 Å². The van der Waals surface area contributed by atoms with Crippen LogP contribution in [0.15, 0.2) is 23.1 Å². The van der Waals surface area contributed by atoms with E-state index in [1.807, 2.05) is 0 Å². The minimum absolute atomic E-state index is 0.278. The molecule has 0 radical (unpaired) electrons. The van der Waals surface area contributed by atoms with Gasteiger partial charge in [0.15, 0.2) is 0 Å². The summed E-state index contributed by atoms with van der Waals surface area (Å²) in [6, 6.07) is 5.01. The van der Waals surface area contributed by atoms with E-state index in [1.54, 1.807) is 41.2 Å². The van der Waals surface area contributed by atoms with E-state index < -0.39 is 10.0 Å². The lowest BCUT2D eigenvalue weighted by atomic mass is 10.1. The van der Waals surface area contributed by atoms with E-state index in [0.717, 1.165) is 5.75 Å². The van der Waals surface area contributed by atoms with Gasteiger partial charge in [0.25, 0.3) is 0 Å². The zero-order valence-electron chi connectivity index (χ0n) is 11.5. The standard InChI is InChI=1S/C13H18N2O2S3/c1-9-7-11(13(14)18)3-4-12(9)20(16,17)15-5-6-19-10(2)8-15/h3-4,7,10H,5-6,8H2,1-2H3,(H2,14,18). The van der Waals surface area contributed by atoms with Crippen molar-refractivity contribution in [3.63, 3.8) is 0 Å². The minimum atomic E-state index is -3.43. The molecule has 0 aromatic heterocycles. The first-order chi connectivity index (χ1) is 9.32. The molecule has 0 amide bonds. The predicted molar refractivity (Wildman–Crippen MR) is 87.7 cm³/mol. The molecule has 1 aliphatic heterocycles. The van der Waals surface area contributed by atoms with Crippen LogP contribution in [0.3, 0.4) is 0 Å². The fraction of sp³-hybridized carbons (Fsp3) is 0.462. The van der Waals surface area contributed by atoms with Crippen LogP contribution in [0.25, 0.3) is 0 Å². The van der Waals surface area contributed by atoms with Gasteiger partial charge in [0, 0.05) is 29.7 Å². The summed E-state index contributed by atoms with van der Waals surface area (Å²) in [6.45, 7) is 4.95. The third-order valence-corrected chi connectivity index (χ3v) is 6.68. The lowest BCUT2D eigenvalue weighted by molar-refractivity contribution is 0.424. The number of aryl methyl sites for hydroxylation is 1. The molecule has 1 heterocycles. The van der Waals surface area contributed by atoms with Crippen molar-refractivity contribution in [3.8, 4) is 0 Å². The van der Waals surface area contributed by atoms with Gasteiger partial charge >= 0.3 is 0 Å². The van der Waals surface area contributed by atoms with Crippen LogP contribution in [-0.2, 0) is 10.0 Å². The Labute approximate surface area is 129 Å². The molecule has 1 unspecified atom stereocenters. The molecule has 1 atom stereocenters. The largest absolute Gasteiger partial charge is 0.389 e. The van der Waals surface area contributed by atoms with Crippen molar-refractivity contribution in [2.24, 2.45) is 5.73 Å². The van der Waals surface area contributed by atoms with Gasteiger partial charge in [-0.25, -0.2) is 8.42 Å². The Morgan fingerprint density at radius 3 is 2.75 bits per heavy atom. The smallest absolute Gasteiger partial charge is 0.243 e. The summed E-state index contributed by atoms with van der Waals surface area (Å²) in [5.41, 5.74) is 6.95. The second-order valence-corrected chi connectivity index (χ2v) is 8.78. The maximum atomic E-state index is 12.7. The van der Waals surface area contributed by atoms with Crippen LogP contribution < -0.4 is 5.73 Å². The summed E-state index contributed by atoms with van der Waals surface area (Å²) >= 11 is 6.72. The average Bonchev–Trinajstić information content (AvgIpc) is 2.38. The summed E-state index contributed by atoms with van der Waals surface area (Å²) < 4.78 is 26.9. The van der Waals surface area contributed by atoms with E-state index in [9.17, 15) is 8.42 Å². The number of nitrogens with zero attached hydrogens (tertiary/aromatic N) is 1. The van der Waals surface area contributed by atoms with Crippen molar-refractivity contribution in [2.45, 2.75) is 24.0 Å². The van der Waals surface area contributed by atoms with Gasteiger partial charge in [0.05, 0.1) is 4.90 Å². The highest BCUT2D eigenvalue weighted by atomic mass is 32.2. The molecule has 0 aliphatic carbocycles. The molecule has 2 N–H and O–H groups in total. The Kier molecular flexibility index (Phi) is 4.73. The Morgan fingerprint density at radius 2 is 2.20 bits per heavy atom. The maximum Gasteiger partial charge on any atom is 0.243 e. The SMILES string of the molecule is Cc1cc(C(N)=S)ccc1S(=O)(=O)N1CCSC(C)C1. The molecule has 20 heavy (non-hydrogen) atoms. The first-order valence-corrected chi connectivity index (χ1v) is 9.24. The Morgan fingerprint density at radius 1 is 1.50 bits per heavy atom. The number of nitrogens with two attached hydrogens (primary N) is 1. The molecular formula is C13H18N2O2S3. The fourth-order valence-electron chi connectivity index (χ4n) is 2.24. The fourth-order valence-corrected chi connectivity index (χ4v) is 5.32. The van der Waals surface area contributed by atoms with Crippen molar-refractivity contribution in [3.05, 3.63) is 29.3 Å². The van der Waals surface area contributed by atoms with Gasteiger partial charge in [-0.15, -0.1) is 0 Å². The van der Waals surface area contributed by atoms with Gasteiger partial charge in [-0.1, -0.05) is 25.2 Å². The van der Waals surface area contributed by atoms with Gasteiger partial charge in [0.2, 0.25) is 10.0 Å². The van der Waals surface area contributed by atoms with Crippen LogP contribution in [0.4, 0.5) is 0 Å². The minimum Gasteiger partial charge on any atom is -0.389 e. The first-order valence-electron chi connectivity index (χ1n) is 6.34. The second kappa shape index (κ2) is 6.01. The van der Waals surface area contributed by atoms with Crippen molar-refractivity contribution in [1.29, 1.82) is 0 Å². The molecular weight excluding hydrogens is 312 g/mol. The highest BCUT2D eigenvalue weighted by molar-refractivity contribution is 8.00. The van der Waals surface area contributed by atoms with E-state index in [1.165, 1.54) is 0 Å². The highest BCUT2D eigenvalue weighted by Crippen LogP contribution is 2.26. The van der Waals surface area contributed by atoms with E-state index in [-0.39, 0.29) is 4.99 Å². The normalized spacial score (nSPS) is 20.8. The Bertz CT molecular complexity index is 629. The zero-order chi connectivity index (χ0) is 14.9. The number of hydrogen-bond donors (Lipinski definition) is 1. The lowest BCUT2D eigenvalue weighted by Crippen LogP contribution is -2.41. The van der Waals surface area contributed by atoms with Crippen LogP contribution >= 0.6 is 24.0 Å². The Balaban J connectivity index is 2.36. The van der Waals surface area contributed by atoms with Crippen molar-refractivity contribution < 1.29 is 8.42 Å². The summed E-state index contributed by atoms with van der Waals surface area (Å²) in [5, 5.41) is 0.328. The second-order valence-electron chi connectivity index (χ2n) is 4.89. The monoisotopic (exact) mass is 330 g/mol. The highest BCUT2D eigenvalue weighted by Gasteiger charge is 2.30. The third kappa shape index (κ3) is 3.16. The Hall–Kier alpha value is -0.630.